The standard InChI is InChI=1S/C42H77NO6S/c1-3-5-7-9-11-13-15-17-19-21-23-25-27-29-31-33-35-37-41(45)42(46)43-39(38-50(47,48)49)40(44)36-34-32-30-28-26-24-22-20-18-16-14-12-10-8-6-4-2/h18,20,23,25-26,28,34,36,39-41,44-45H,3-17,19,21-22,24,27,29-33,35,37-38H2,1-2H3,(H,43,46)(H,47,48,49)/b20-18+,25-23-,28-26+,36-34+. The summed E-state index contributed by atoms with van der Waals surface area (Å²) in [4.78, 5) is 12.6. The van der Waals surface area contributed by atoms with Crippen LogP contribution in [0.15, 0.2) is 48.6 Å². The lowest BCUT2D eigenvalue weighted by Crippen LogP contribution is -2.50. The lowest BCUT2D eigenvalue weighted by molar-refractivity contribution is -0.130. The molecule has 0 saturated carbocycles. The second kappa shape index (κ2) is 35.7. The fourth-order valence-corrected chi connectivity index (χ4v) is 6.63. The summed E-state index contributed by atoms with van der Waals surface area (Å²) in [6.45, 7) is 4.49. The average Bonchev–Trinajstić information content (AvgIpc) is 3.08. The molecule has 0 aromatic heterocycles. The number of aliphatic hydroxyl groups excluding tert-OH is 2. The van der Waals surface area contributed by atoms with Gasteiger partial charge in [0.1, 0.15) is 6.10 Å². The van der Waals surface area contributed by atoms with Crippen LogP contribution in [0.3, 0.4) is 0 Å². The van der Waals surface area contributed by atoms with Crippen LogP contribution in [0.1, 0.15) is 187 Å². The SMILES string of the molecule is CCCCCCCC/C=C/CC/C=C/CC/C=C/C(O)C(CS(=O)(=O)O)NC(=O)C(O)CCCCCC/C=C\CCCCCCCCCCC. The maximum Gasteiger partial charge on any atom is 0.267 e. The summed E-state index contributed by atoms with van der Waals surface area (Å²) in [5, 5.41) is 23.3. The van der Waals surface area contributed by atoms with Gasteiger partial charge in [0, 0.05) is 0 Å². The zero-order valence-corrected chi connectivity index (χ0v) is 32.9. The highest BCUT2D eigenvalue weighted by molar-refractivity contribution is 7.85. The molecule has 0 bridgehead atoms. The van der Waals surface area contributed by atoms with Crippen molar-refractivity contribution in [1.82, 2.24) is 5.32 Å². The molecule has 0 radical (unpaired) electrons. The number of hydrogen-bond acceptors (Lipinski definition) is 5. The van der Waals surface area contributed by atoms with Crippen LogP contribution in [0.2, 0.25) is 0 Å². The first-order chi connectivity index (χ1) is 24.2. The van der Waals surface area contributed by atoms with Crippen LogP contribution in [-0.4, -0.2) is 53.1 Å². The molecule has 0 saturated heterocycles. The maximum atomic E-state index is 12.6. The van der Waals surface area contributed by atoms with Crippen molar-refractivity contribution < 1.29 is 28.0 Å². The van der Waals surface area contributed by atoms with E-state index in [9.17, 15) is 28.0 Å². The van der Waals surface area contributed by atoms with Gasteiger partial charge in [-0.3, -0.25) is 9.35 Å². The van der Waals surface area contributed by atoms with E-state index in [0.717, 1.165) is 57.8 Å². The predicted molar refractivity (Wildman–Crippen MR) is 213 cm³/mol. The third kappa shape index (κ3) is 34.7. The van der Waals surface area contributed by atoms with Gasteiger partial charge < -0.3 is 15.5 Å². The van der Waals surface area contributed by atoms with Crippen LogP contribution < -0.4 is 5.32 Å². The van der Waals surface area contributed by atoms with Crippen LogP contribution in [0, 0.1) is 0 Å². The predicted octanol–water partition coefficient (Wildman–Crippen LogP) is 10.9. The van der Waals surface area contributed by atoms with Crippen LogP contribution in [0.5, 0.6) is 0 Å². The second-order valence-corrected chi connectivity index (χ2v) is 15.5. The van der Waals surface area contributed by atoms with Crippen molar-refractivity contribution in [1.29, 1.82) is 0 Å². The summed E-state index contributed by atoms with van der Waals surface area (Å²) in [5.74, 6) is -1.58. The lowest BCUT2D eigenvalue weighted by Gasteiger charge is -2.22. The highest BCUT2D eigenvalue weighted by Gasteiger charge is 2.27. The number of rotatable bonds is 36. The fraction of sp³-hybridized carbons (Fsp3) is 0.786. The van der Waals surface area contributed by atoms with E-state index in [0.29, 0.717) is 12.8 Å². The van der Waals surface area contributed by atoms with E-state index in [4.69, 9.17) is 0 Å². The molecular weight excluding hydrogens is 647 g/mol. The summed E-state index contributed by atoms with van der Waals surface area (Å²) in [7, 11) is -4.46. The van der Waals surface area contributed by atoms with Gasteiger partial charge >= 0.3 is 0 Å². The molecule has 8 heteroatoms. The summed E-state index contributed by atoms with van der Waals surface area (Å²) >= 11 is 0. The third-order valence-corrected chi connectivity index (χ3v) is 9.84. The number of allylic oxidation sites excluding steroid dienone is 7. The molecule has 0 aliphatic rings. The first-order valence-corrected chi connectivity index (χ1v) is 22.1. The summed E-state index contributed by atoms with van der Waals surface area (Å²) in [5.41, 5.74) is 0. The van der Waals surface area contributed by atoms with Crippen molar-refractivity contribution in [2.75, 3.05) is 5.75 Å². The lowest BCUT2D eigenvalue weighted by atomic mass is 10.1. The van der Waals surface area contributed by atoms with E-state index in [1.165, 1.54) is 102 Å². The number of amides is 1. The van der Waals surface area contributed by atoms with Gasteiger partial charge in [0.25, 0.3) is 10.1 Å². The zero-order valence-electron chi connectivity index (χ0n) is 32.1. The summed E-state index contributed by atoms with van der Waals surface area (Å²) < 4.78 is 32.5. The molecule has 3 atom stereocenters. The number of aliphatic hydroxyl groups is 2. The number of hydrogen-bond donors (Lipinski definition) is 4. The Labute approximate surface area is 308 Å². The molecule has 1 amide bonds. The second-order valence-electron chi connectivity index (χ2n) is 14.0. The molecule has 0 fully saturated rings. The van der Waals surface area contributed by atoms with Gasteiger partial charge in [-0.15, -0.1) is 0 Å². The van der Waals surface area contributed by atoms with Gasteiger partial charge in [-0.25, -0.2) is 0 Å². The Kier molecular flexibility index (Phi) is 34.4. The first-order valence-electron chi connectivity index (χ1n) is 20.4. The summed E-state index contributed by atoms with van der Waals surface area (Å²) in [6, 6.07) is -1.26. The molecule has 0 spiro atoms. The third-order valence-electron chi connectivity index (χ3n) is 9.06. The smallest absolute Gasteiger partial charge is 0.267 e. The molecule has 0 aromatic rings. The van der Waals surface area contributed by atoms with E-state index in [1.807, 2.05) is 0 Å². The molecule has 0 heterocycles. The minimum absolute atomic E-state index is 0.256. The number of carbonyl (C=O) groups is 1. The van der Waals surface area contributed by atoms with Crippen molar-refractivity contribution in [3.05, 3.63) is 48.6 Å². The van der Waals surface area contributed by atoms with Gasteiger partial charge in [0.2, 0.25) is 5.91 Å². The fourth-order valence-electron chi connectivity index (χ4n) is 5.89. The minimum atomic E-state index is -4.46. The Balaban J connectivity index is 4.15. The molecule has 0 aliphatic heterocycles. The van der Waals surface area contributed by atoms with Gasteiger partial charge in [0.15, 0.2) is 0 Å². The van der Waals surface area contributed by atoms with E-state index in [-0.39, 0.29) is 6.42 Å². The average molecular weight is 724 g/mol. The number of carbonyl (C=O) groups excluding carboxylic acids is 1. The van der Waals surface area contributed by atoms with Crippen molar-refractivity contribution in [3.8, 4) is 0 Å². The molecule has 0 aromatic carbocycles. The minimum Gasteiger partial charge on any atom is -0.387 e. The van der Waals surface area contributed by atoms with E-state index in [2.05, 4.69) is 55.6 Å². The Hall–Kier alpha value is -1.74. The van der Waals surface area contributed by atoms with E-state index in [1.54, 1.807) is 6.08 Å². The zero-order chi connectivity index (χ0) is 37.0. The molecule has 50 heavy (non-hydrogen) atoms. The van der Waals surface area contributed by atoms with Crippen molar-refractivity contribution in [3.63, 3.8) is 0 Å². The van der Waals surface area contributed by atoms with Crippen LogP contribution in [-0.2, 0) is 14.9 Å². The Morgan fingerprint density at radius 1 is 0.540 bits per heavy atom. The normalized spacial score (nSPS) is 14.4. The van der Waals surface area contributed by atoms with Crippen molar-refractivity contribution >= 4 is 16.0 Å². The highest BCUT2D eigenvalue weighted by atomic mass is 32.2. The van der Waals surface area contributed by atoms with Crippen molar-refractivity contribution in [2.45, 2.75) is 205 Å². The van der Waals surface area contributed by atoms with Crippen LogP contribution in [0.4, 0.5) is 0 Å². The quantitative estimate of drug-likeness (QED) is 0.0290. The molecular formula is C42H77NO6S. The van der Waals surface area contributed by atoms with Crippen LogP contribution >= 0.6 is 0 Å². The topological polar surface area (TPSA) is 124 Å². The van der Waals surface area contributed by atoms with E-state index < -0.39 is 40.0 Å². The number of unbranched alkanes of at least 4 members (excludes halogenated alkanes) is 21. The van der Waals surface area contributed by atoms with Gasteiger partial charge in [-0.1, -0.05) is 165 Å². The Bertz CT molecular complexity index is 990. The summed E-state index contributed by atoms with van der Waals surface area (Å²) in [6.07, 6.45) is 44.5. The molecule has 0 rings (SSSR count). The van der Waals surface area contributed by atoms with E-state index >= 15 is 0 Å². The Morgan fingerprint density at radius 2 is 0.900 bits per heavy atom. The first kappa shape index (κ1) is 48.3. The molecule has 7 nitrogen and oxygen atoms in total. The highest BCUT2D eigenvalue weighted by Crippen LogP contribution is 2.13. The molecule has 3 unspecified atom stereocenters. The molecule has 4 N–H and O–H groups in total. The van der Waals surface area contributed by atoms with Gasteiger partial charge in [-0.05, 0) is 70.6 Å². The van der Waals surface area contributed by atoms with Crippen molar-refractivity contribution in [2.24, 2.45) is 0 Å². The molecule has 292 valence electrons. The monoisotopic (exact) mass is 724 g/mol. The van der Waals surface area contributed by atoms with Gasteiger partial charge in [0.05, 0.1) is 17.9 Å². The maximum absolute atomic E-state index is 12.6. The molecule has 0 aliphatic carbocycles. The van der Waals surface area contributed by atoms with Gasteiger partial charge in [-0.2, -0.15) is 8.42 Å². The number of nitrogens with one attached hydrogen (secondary N) is 1. The largest absolute Gasteiger partial charge is 0.387 e. The van der Waals surface area contributed by atoms with Crippen LogP contribution in [0.25, 0.3) is 0 Å². The Morgan fingerprint density at radius 3 is 1.32 bits per heavy atom.